The molecule has 0 heterocycles. The fourth-order valence-electron chi connectivity index (χ4n) is 2.08. The number of ether oxygens (including phenoxy) is 1. The summed E-state index contributed by atoms with van der Waals surface area (Å²) in [7, 11) is 0. The van der Waals surface area contributed by atoms with Gasteiger partial charge in [0.25, 0.3) is 0 Å². The number of benzene rings is 1. The van der Waals surface area contributed by atoms with Crippen LogP contribution in [0.15, 0.2) is 24.3 Å². The molecule has 2 heteroatoms. The summed E-state index contributed by atoms with van der Waals surface area (Å²) in [6, 6.07) is 8.48. The summed E-state index contributed by atoms with van der Waals surface area (Å²) >= 11 is 3.56. The molecule has 2 atom stereocenters. The molecule has 1 aliphatic carbocycles. The lowest BCUT2D eigenvalue weighted by Crippen LogP contribution is -2.17. The van der Waals surface area contributed by atoms with E-state index in [2.05, 4.69) is 54.0 Å². The van der Waals surface area contributed by atoms with Gasteiger partial charge in [-0.2, -0.15) is 0 Å². The van der Waals surface area contributed by atoms with Gasteiger partial charge in [-0.15, -0.1) is 0 Å². The maximum absolute atomic E-state index is 6.14. The maximum atomic E-state index is 6.14. The van der Waals surface area contributed by atoms with Gasteiger partial charge in [0.2, 0.25) is 0 Å². The largest absolute Gasteiger partial charge is 0.369 e. The second-order valence-electron chi connectivity index (χ2n) is 4.68. The molecule has 0 radical (unpaired) electrons. The van der Waals surface area contributed by atoms with Crippen LogP contribution < -0.4 is 0 Å². The van der Waals surface area contributed by atoms with Crippen molar-refractivity contribution in [1.29, 1.82) is 0 Å². The van der Waals surface area contributed by atoms with Gasteiger partial charge in [0.05, 0.1) is 12.2 Å². The molecule has 0 amide bonds. The predicted molar refractivity (Wildman–Crippen MR) is 71.0 cm³/mol. The van der Waals surface area contributed by atoms with E-state index in [-0.39, 0.29) is 6.10 Å². The SMILES string of the molecule is Cc1ccccc1C(CBr)OC(C)C1CC1. The van der Waals surface area contributed by atoms with Gasteiger partial charge in [-0.05, 0) is 43.7 Å². The Balaban J connectivity index is 2.06. The second-order valence-corrected chi connectivity index (χ2v) is 5.33. The molecule has 1 aromatic rings. The normalized spacial score (nSPS) is 19.4. The minimum atomic E-state index is 0.191. The van der Waals surface area contributed by atoms with Crippen molar-refractivity contribution in [1.82, 2.24) is 0 Å². The fraction of sp³-hybridized carbons (Fsp3) is 0.571. The zero-order chi connectivity index (χ0) is 11.5. The van der Waals surface area contributed by atoms with E-state index in [1.807, 2.05) is 0 Å². The highest BCUT2D eigenvalue weighted by Gasteiger charge is 2.30. The summed E-state index contributed by atoms with van der Waals surface area (Å²) in [4.78, 5) is 0. The van der Waals surface area contributed by atoms with Crippen LogP contribution >= 0.6 is 15.9 Å². The van der Waals surface area contributed by atoms with E-state index < -0.39 is 0 Å². The minimum Gasteiger partial charge on any atom is -0.369 e. The molecule has 0 N–H and O–H groups in total. The monoisotopic (exact) mass is 282 g/mol. The lowest BCUT2D eigenvalue weighted by Gasteiger charge is -2.22. The number of aryl methyl sites for hydroxylation is 1. The van der Waals surface area contributed by atoms with Crippen molar-refractivity contribution in [3.63, 3.8) is 0 Å². The Bertz CT molecular complexity index is 346. The molecule has 0 bridgehead atoms. The van der Waals surface area contributed by atoms with Crippen molar-refractivity contribution in [2.45, 2.75) is 38.9 Å². The van der Waals surface area contributed by atoms with Gasteiger partial charge >= 0.3 is 0 Å². The first-order valence-corrected chi connectivity index (χ1v) is 7.11. The third kappa shape index (κ3) is 2.86. The van der Waals surface area contributed by atoms with Crippen molar-refractivity contribution < 1.29 is 4.74 Å². The molecule has 1 aromatic carbocycles. The number of halogens is 1. The van der Waals surface area contributed by atoms with Crippen LogP contribution in [0.1, 0.15) is 37.0 Å². The molecule has 2 rings (SSSR count). The third-order valence-electron chi connectivity index (χ3n) is 3.34. The van der Waals surface area contributed by atoms with E-state index in [1.165, 1.54) is 24.0 Å². The van der Waals surface area contributed by atoms with E-state index in [0.29, 0.717) is 6.10 Å². The zero-order valence-corrected chi connectivity index (χ0v) is 11.5. The Kier molecular flexibility index (Phi) is 4.04. The first kappa shape index (κ1) is 12.1. The molecule has 88 valence electrons. The molecule has 0 spiro atoms. The molecule has 1 saturated carbocycles. The summed E-state index contributed by atoms with van der Waals surface area (Å²) in [5.41, 5.74) is 2.63. The van der Waals surface area contributed by atoms with Gasteiger partial charge in [0, 0.05) is 5.33 Å². The fourth-order valence-corrected chi connectivity index (χ4v) is 2.58. The van der Waals surface area contributed by atoms with Crippen LogP contribution in [0.25, 0.3) is 0 Å². The van der Waals surface area contributed by atoms with Crippen LogP contribution in [-0.2, 0) is 4.74 Å². The average Bonchev–Trinajstić information content (AvgIpc) is 3.10. The van der Waals surface area contributed by atoms with Crippen molar-refractivity contribution >= 4 is 15.9 Å². The molecule has 1 aliphatic rings. The van der Waals surface area contributed by atoms with Crippen molar-refractivity contribution in [3.05, 3.63) is 35.4 Å². The van der Waals surface area contributed by atoms with E-state index >= 15 is 0 Å². The highest BCUT2D eigenvalue weighted by Crippen LogP contribution is 2.37. The molecule has 1 fully saturated rings. The second kappa shape index (κ2) is 5.33. The molecule has 2 unspecified atom stereocenters. The van der Waals surface area contributed by atoms with Crippen LogP contribution in [0.2, 0.25) is 0 Å². The Morgan fingerprint density at radius 3 is 2.62 bits per heavy atom. The van der Waals surface area contributed by atoms with Crippen molar-refractivity contribution in [3.8, 4) is 0 Å². The number of rotatable bonds is 5. The summed E-state index contributed by atoms with van der Waals surface area (Å²) in [6.07, 6.45) is 3.26. The van der Waals surface area contributed by atoms with Crippen molar-refractivity contribution in [2.75, 3.05) is 5.33 Å². The molecule has 1 nitrogen and oxygen atoms in total. The quantitative estimate of drug-likeness (QED) is 0.734. The highest BCUT2D eigenvalue weighted by atomic mass is 79.9. The van der Waals surface area contributed by atoms with Crippen LogP contribution in [0, 0.1) is 12.8 Å². The molecule has 0 aliphatic heterocycles. The van der Waals surface area contributed by atoms with E-state index in [9.17, 15) is 0 Å². The van der Waals surface area contributed by atoms with Crippen LogP contribution in [0.4, 0.5) is 0 Å². The minimum absolute atomic E-state index is 0.191. The summed E-state index contributed by atoms with van der Waals surface area (Å²) in [6.45, 7) is 4.35. The van der Waals surface area contributed by atoms with E-state index in [1.54, 1.807) is 0 Å². The topological polar surface area (TPSA) is 9.23 Å². The van der Waals surface area contributed by atoms with Crippen LogP contribution in [0.5, 0.6) is 0 Å². The molecule has 0 saturated heterocycles. The van der Waals surface area contributed by atoms with Crippen molar-refractivity contribution in [2.24, 2.45) is 5.92 Å². The molecule has 0 aromatic heterocycles. The number of alkyl halides is 1. The predicted octanol–water partition coefficient (Wildman–Crippen LogP) is 4.25. The van der Waals surface area contributed by atoms with Gasteiger partial charge in [-0.1, -0.05) is 40.2 Å². The van der Waals surface area contributed by atoms with Gasteiger partial charge in [0.1, 0.15) is 0 Å². The summed E-state index contributed by atoms with van der Waals surface area (Å²) < 4.78 is 6.14. The Morgan fingerprint density at radius 2 is 2.06 bits per heavy atom. The summed E-state index contributed by atoms with van der Waals surface area (Å²) in [5, 5.41) is 0.870. The number of hydrogen-bond donors (Lipinski definition) is 0. The lowest BCUT2D eigenvalue weighted by atomic mass is 10.0. The van der Waals surface area contributed by atoms with Crippen LogP contribution in [-0.4, -0.2) is 11.4 Å². The van der Waals surface area contributed by atoms with E-state index in [0.717, 1.165) is 11.2 Å². The van der Waals surface area contributed by atoms with Gasteiger partial charge in [-0.3, -0.25) is 0 Å². The first-order valence-electron chi connectivity index (χ1n) is 5.99. The zero-order valence-electron chi connectivity index (χ0n) is 9.95. The molecule has 16 heavy (non-hydrogen) atoms. The van der Waals surface area contributed by atoms with E-state index in [4.69, 9.17) is 4.74 Å². The molecular weight excluding hydrogens is 264 g/mol. The summed E-state index contributed by atoms with van der Waals surface area (Å²) in [5.74, 6) is 0.797. The lowest BCUT2D eigenvalue weighted by molar-refractivity contribution is -0.00179. The maximum Gasteiger partial charge on any atom is 0.0927 e. The van der Waals surface area contributed by atoms with Gasteiger partial charge in [0.15, 0.2) is 0 Å². The third-order valence-corrected chi connectivity index (χ3v) is 3.93. The standard InChI is InChI=1S/C14H19BrO/c1-10-5-3-4-6-13(10)14(9-15)16-11(2)12-7-8-12/h3-6,11-12,14H,7-9H2,1-2H3. The van der Waals surface area contributed by atoms with Crippen LogP contribution in [0.3, 0.4) is 0 Å². The molecular formula is C14H19BrO. The number of hydrogen-bond acceptors (Lipinski definition) is 1. The average molecular weight is 283 g/mol. The van der Waals surface area contributed by atoms with Gasteiger partial charge < -0.3 is 4.74 Å². The first-order chi connectivity index (χ1) is 7.72. The smallest absolute Gasteiger partial charge is 0.0927 e. The Hall–Kier alpha value is -0.340. The Labute approximate surface area is 106 Å². The Morgan fingerprint density at radius 1 is 1.38 bits per heavy atom. The van der Waals surface area contributed by atoms with Gasteiger partial charge in [-0.25, -0.2) is 0 Å². The highest BCUT2D eigenvalue weighted by molar-refractivity contribution is 9.09.